The highest BCUT2D eigenvalue weighted by atomic mass is 16.5. The molecule has 2 heteroatoms. The fraction of sp³-hybridized carbons (Fsp3) is 0.154. The SMILES string of the molecule is C=CC(=O)OC(C)C1=CC=C2C=CC=C21. The zero-order chi connectivity index (χ0) is 10.8. The van der Waals surface area contributed by atoms with Gasteiger partial charge in [0.15, 0.2) is 0 Å². The van der Waals surface area contributed by atoms with Gasteiger partial charge in [-0.05, 0) is 18.1 Å². The van der Waals surface area contributed by atoms with E-state index in [0.717, 1.165) is 11.1 Å². The average Bonchev–Trinajstić information content (AvgIpc) is 2.77. The Morgan fingerprint density at radius 1 is 1.47 bits per heavy atom. The van der Waals surface area contributed by atoms with E-state index >= 15 is 0 Å². The number of allylic oxidation sites excluding steroid dienone is 6. The molecule has 0 aromatic rings. The highest BCUT2D eigenvalue weighted by Gasteiger charge is 2.22. The molecule has 2 aliphatic carbocycles. The minimum Gasteiger partial charge on any atom is -0.455 e. The Morgan fingerprint density at radius 3 is 3.00 bits per heavy atom. The highest BCUT2D eigenvalue weighted by molar-refractivity contribution is 5.81. The number of carbonyl (C=O) groups excluding carboxylic acids is 1. The molecule has 0 fully saturated rings. The van der Waals surface area contributed by atoms with E-state index in [0.29, 0.717) is 0 Å². The molecule has 0 amide bonds. The lowest BCUT2D eigenvalue weighted by atomic mass is 10.0. The molecule has 0 aromatic heterocycles. The molecule has 76 valence electrons. The first-order valence-electron chi connectivity index (χ1n) is 4.86. The van der Waals surface area contributed by atoms with Crippen molar-refractivity contribution >= 4 is 5.97 Å². The number of ether oxygens (including phenoxy) is 1. The largest absolute Gasteiger partial charge is 0.455 e. The summed E-state index contributed by atoms with van der Waals surface area (Å²) in [6, 6.07) is 0. The molecule has 0 saturated heterocycles. The smallest absolute Gasteiger partial charge is 0.330 e. The maximum atomic E-state index is 11.1. The Kier molecular flexibility index (Phi) is 2.42. The van der Waals surface area contributed by atoms with Gasteiger partial charge in [-0.15, -0.1) is 0 Å². The number of hydrogen-bond acceptors (Lipinski definition) is 2. The van der Waals surface area contributed by atoms with Crippen molar-refractivity contribution in [2.24, 2.45) is 0 Å². The molecule has 1 unspecified atom stereocenters. The van der Waals surface area contributed by atoms with Gasteiger partial charge in [0.1, 0.15) is 6.10 Å². The number of carbonyl (C=O) groups is 1. The molecule has 0 heterocycles. The van der Waals surface area contributed by atoms with Crippen LogP contribution in [0.2, 0.25) is 0 Å². The Balaban J connectivity index is 2.08. The normalized spacial score (nSPS) is 18.9. The fourth-order valence-corrected chi connectivity index (χ4v) is 1.75. The molecule has 0 N–H and O–H groups in total. The Bertz CT molecular complexity index is 433. The number of rotatable bonds is 3. The summed E-state index contributed by atoms with van der Waals surface area (Å²) >= 11 is 0. The van der Waals surface area contributed by atoms with Crippen molar-refractivity contribution < 1.29 is 9.53 Å². The highest BCUT2D eigenvalue weighted by Crippen LogP contribution is 2.33. The lowest BCUT2D eigenvalue weighted by molar-refractivity contribution is -0.140. The van der Waals surface area contributed by atoms with Crippen LogP contribution in [-0.2, 0) is 9.53 Å². The maximum absolute atomic E-state index is 11.1. The number of hydrogen-bond donors (Lipinski definition) is 0. The molecule has 0 saturated carbocycles. The third kappa shape index (κ3) is 1.71. The molecule has 2 aliphatic rings. The second kappa shape index (κ2) is 3.73. The molecule has 1 atom stereocenters. The van der Waals surface area contributed by atoms with Crippen molar-refractivity contribution in [3.05, 3.63) is 59.8 Å². The predicted molar refractivity (Wildman–Crippen MR) is 59.1 cm³/mol. The summed E-state index contributed by atoms with van der Waals surface area (Å²) in [6.07, 6.45) is 11.0. The summed E-state index contributed by atoms with van der Waals surface area (Å²) < 4.78 is 5.16. The molecular formula is C13H12O2. The zero-order valence-corrected chi connectivity index (χ0v) is 8.57. The van der Waals surface area contributed by atoms with E-state index in [2.05, 4.69) is 6.58 Å². The van der Waals surface area contributed by atoms with Crippen LogP contribution in [0.25, 0.3) is 0 Å². The van der Waals surface area contributed by atoms with Crippen molar-refractivity contribution in [2.75, 3.05) is 0 Å². The molecule has 0 aromatic carbocycles. The van der Waals surface area contributed by atoms with Gasteiger partial charge in [0.25, 0.3) is 0 Å². The summed E-state index contributed by atoms with van der Waals surface area (Å²) in [6.45, 7) is 5.24. The molecule has 0 spiro atoms. The van der Waals surface area contributed by atoms with Gasteiger partial charge in [0, 0.05) is 11.6 Å². The van der Waals surface area contributed by atoms with Crippen LogP contribution in [0.1, 0.15) is 6.92 Å². The van der Waals surface area contributed by atoms with Crippen LogP contribution in [0.5, 0.6) is 0 Å². The molecular weight excluding hydrogens is 188 g/mol. The topological polar surface area (TPSA) is 26.3 Å². The molecule has 2 nitrogen and oxygen atoms in total. The van der Waals surface area contributed by atoms with E-state index in [1.807, 2.05) is 37.3 Å². The van der Waals surface area contributed by atoms with Gasteiger partial charge in [0.2, 0.25) is 0 Å². The molecule has 0 aliphatic heterocycles. The van der Waals surface area contributed by atoms with Crippen molar-refractivity contribution in [2.45, 2.75) is 13.0 Å². The average molecular weight is 200 g/mol. The van der Waals surface area contributed by atoms with Crippen LogP contribution in [0.4, 0.5) is 0 Å². The lowest BCUT2D eigenvalue weighted by Gasteiger charge is -2.14. The Labute approximate surface area is 88.9 Å². The first-order valence-corrected chi connectivity index (χ1v) is 4.86. The standard InChI is InChI=1S/C13H12O2/c1-3-13(14)15-9(2)11-8-7-10-5-4-6-12(10)11/h3-9H,1H2,2H3. The molecule has 0 bridgehead atoms. The van der Waals surface area contributed by atoms with Crippen molar-refractivity contribution in [3.8, 4) is 0 Å². The summed E-state index contributed by atoms with van der Waals surface area (Å²) in [5.74, 6) is -0.386. The van der Waals surface area contributed by atoms with Crippen LogP contribution in [0, 0.1) is 0 Å². The quantitative estimate of drug-likeness (QED) is 0.516. The molecule has 0 radical (unpaired) electrons. The van der Waals surface area contributed by atoms with E-state index in [1.165, 1.54) is 11.6 Å². The van der Waals surface area contributed by atoms with Gasteiger partial charge in [0.05, 0.1) is 0 Å². The second-order valence-electron chi connectivity index (χ2n) is 3.47. The van der Waals surface area contributed by atoms with Crippen LogP contribution >= 0.6 is 0 Å². The van der Waals surface area contributed by atoms with Gasteiger partial charge < -0.3 is 4.74 Å². The van der Waals surface area contributed by atoms with Crippen LogP contribution in [0.3, 0.4) is 0 Å². The molecule has 15 heavy (non-hydrogen) atoms. The summed E-state index contributed by atoms with van der Waals surface area (Å²) in [7, 11) is 0. The van der Waals surface area contributed by atoms with Crippen LogP contribution < -0.4 is 0 Å². The van der Waals surface area contributed by atoms with Gasteiger partial charge in [-0.25, -0.2) is 4.79 Å². The first-order chi connectivity index (χ1) is 7.22. The summed E-state index contributed by atoms with van der Waals surface area (Å²) in [5.41, 5.74) is 3.39. The minimum atomic E-state index is -0.386. The first kappa shape index (κ1) is 9.71. The van der Waals surface area contributed by atoms with E-state index in [4.69, 9.17) is 4.74 Å². The third-order valence-electron chi connectivity index (χ3n) is 2.50. The monoisotopic (exact) mass is 200 g/mol. The summed E-state index contributed by atoms with van der Waals surface area (Å²) in [4.78, 5) is 11.1. The van der Waals surface area contributed by atoms with Crippen LogP contribution in [0.15, 0.2) is 59.8 Å². The van der Waals surface area contributed by atoms with E-state index in [9.17, 15) is 4.79 Å². The minimum absolute atomic E-state index is 0.226. The Hall–Kier alpha value is -1.83. The van der Waals surface area contributed by atoms with Crippen LogP contribution in [-0.4, -0.2) is 12.1 Å². The third-order valence-corrected chi connectivity index (χ3v) is 2.50. The van der Waals surface area contributed by atoms with E-state index in [1.54, 1.807) is 0 Å². The molecule has 2 rings (SSSR count). The number of esters is 1. The van der Waals surface area contributed by atoms with Gasteiger partial charge in [-0.1, -0.05) is 37.0 Å². The lowest BCUT2D eigenvalue weighted by Crippen LogP contribution is -2.15. The number of fused-ring (bicyclic) bond motifs is 1. The van der Waals surface area contributed by atoms with Gasteiger partial charge in [-0.3, -0.25) is 0 Å². The second-order valence-corrected chi connectivity index (χ2v) is 3.47. The van der Waals surface area contributed by atoms with E-state index in [-0.39, 0.29) is 12.1 Å². The van der Waals surface area contributed by atoms with Crippen molar-refractivity contribution in [1.29, 1.82) is 0 Å². The van der Waals surface area contributed by atoms with Gasteiger partial charge >= 0.3 is 5.97 Å². The summed E-state index contributed by atoms with van der Waals surface area (Å²) in [5, 5.41) is 0. The van der Waals surface area contributed by atoms with Crippen molar-refractivity contribution in [1.82, 2.24) is 0 Å². The maximum Gasteiger partial charge on any atom is 0.330 e. The van der Waals surface area contributed by atoms with Crippen molar-refractivity contribution in [3.63, 3.8) is 0 Å². The Morgan fingerprint density at radius 2 is 2.27 bits per heavy atom. The fourth-order valence-electron chi connectivity index (χ4n) is 1.75. The van der Waals surface area contributed by atoms with E-state index < -0.39 is 0 Å². The zero-order valence-electron chi connectivity index (χ0n) is 8.57. The predicted octanol–water partition coefficient (Wildman–Crippen LogP) is 2.47. The van der Waals surface area contributed by atoms with Gasteiger partial charge in [-0.2, -0.15) is 0 Å².